The van der Waals surface area contributed by atoms with Gasteiger partial charge in [0.1, 0.15) is 0 Å². The lowest BCUT2D eigenvalue weighted by molar-refractivity contribution is -0.120. The zero-order chi connectivity index (χ0) is 12.2. The third kappa shape index (κ3) is 11.5. The van der Waals surface area contributed by atoms with Crippen molar-refractivity contribution in [2.45, 2.75) is 65.3 Å². The van der Waals surface area contributed by atoms with Gasteiger partial charge in [-0.3, -0.25) is 4.79 Å². The van der Waals surface area contributed by atoms with Gasteiger partial charge in [0.15, 0.2) is 0 Å². The molecular formula is C13H28N2O. The highest BCUT2D eigenvalue weighted by Crippen LogP contribution is 2.03. The van der Waals surface area contributed by atoms with Crippen molar-refractivity contribution in [1.29, 1.82) is 0 Å². The lowest BCUT2D eigenvalue weighted by Gasteiger charge is -2.09. The fourth-order valence-electron chi connectivity index (χ4n) is 1.61. The molecule has 0 aromatic carbocycles. The van der Waals surface area contributed by atoms with Crippen LogP contribution in [-0.4, -0.2) is 25.0 Å². The Morgan fingerprint density at radius 3 is 2.31 bits per heavy atom. The summed E-state index contributed by atoms with van der Waals surface area (Å²) in [5.41, 5.74) is 0. The van der Waals surface area contributed by atoms with Gasteiger partial charge in [-0.05, 0) is 26.8 Å². The number of unbranched alkanes of at least 4 members (excludes halogenated alkanes) is 5. The second kappa shape index (κ2) is 10.9. The molecule has 0 aliphatic heterocycles. The zero-order valence-electron chi connectivity index (χ0n) is 11.1. The summed E-state index contributed by atoms with van der Waals surface area (Å²) in [7, 11) is 0. The van der Waals surface area contributed by atoms with Gasteiger partial charge in [0.25, 0.3) is 0 Å². The van der Waals surface area contributed by atoms with Crippen LogP contribution >= 0.6 is 0 Å². The molecule has 0 aromatic heterocycles. The number of amides is 1. The van der Waals surface area contributed by atoms with Gasteiger partial charge in [0, 0.05) is 6.04 Å². The van der Waals surface area contributed by atoms with Crippen molar-refractivity contribution in [1.82, 2.24) is 10.6 Å². The maximum absolute atomic E-state index is 11.3. The van der Waals surface area contributed by atoms with Crippen molar-refractivity contribution in [2.75, 3.05) is 13.1 Å². The SMILES string of the molecule is CCCCCCCCNCC(=O)NC(C)C. The third-order valence-corrected chi connectivity index (χ3v) is 2.44. The smallest absolute Gasteiger partial charge is 0.234 e. The van der Waals surface area contributed by atoms with E-state index in [1.54, 1.807) is 0 Å². The van der Waals surface area contributed by atoms with E-state index < -0.39 is 0 Å². The molecular weight excluding hydrogens is 200 g/mol. The summed E-state index contributed by atoms with van der Waals surface area (Å²) in [5.74, 6) is 0.0981. The Balaban J connectivity index is 3.11. The highest BCUT2D eigenvalue weighted by Gasteiger charge is 2.01. The number of rotatable bonds is 10. The standard InChI is InChI=1S/C13H28N2O/c1-4-5-6-7-8-9-10-14-11-13(16)15-12(2)3/h12,14H,4-11H2,1-3H3,(H,15,16). The molecule has 0 rings (SSSR count). The predicted octanol–water partition coefficient (Wildman–Crippen LogP) is 2.46. The van der Waals surface area contributed by atoms with Crippen LogP contribution in [0.4, 0.5) is 0 Å². The number of nitrogens with one attached hydrogen (secondary N) is 2. The van der Waals surface area contributed by atoms with Crippen LogP contribution in [0.5, 0.6) is 0 Å². The van der Waals surface area contributed by atoms with Crippen LogP contribution in [0, 0.1) is 0 Å². The largest absolute Gasteiger partial charge is 0.353 e. The molecule has 2 N–H and O–H groups in total. The van der Waals surface area contributed by atoms with Crippen molar-refractivity contribution in [3.05, 3.63) is 0 Å². The van der Waals surface area contributed by atoms with Crippen LogP contribution in [-0.2, 0) is 4.79 Å². The minimum atomic E-state index is 0.0981. The first-order chi connectivity index (χ1) is 7.66. The molecule has 0 radical (unpaired) electrons. The van der Waals surface area contributed by atoms with Gasteiger partial charge < -0.3 is 10.6 Å². The summed E-state index contributed by atoms with van der Waals surface area (Å²) < 4.78 is 0. The minimum absolute atomic E-state index is 0.0981. The van der Waals surface area contributed by atoms with E-state index in [2.05, 4.69) is 17.6 Å². The summed E-state index contributed by atoms with van der Waals surface area (Å²) in [6.07, 6.45) is 7.79. The summed E-state index contributed by atoms with van der Waals surface area (Å²) >= 11 is 0. The van der Waals surface area contributed by atoms with Crippen molar-refractivity contribution in [2.24, 2.45) is 0 Å². The molecule has 0 unspecified atom stereocenters. The molecule has 96 valence electrons. The van der Waals surface area contributed by atoms with E-state index in [0.29, 0.717) is 6.54 Å². The lowest BCUT2D eigenvalue weighted by atomic mass is 10.1. The topological polar surface area (TPSA) is 41.1 Å². The normalized spacial score (nSPS) is 10.8. The van der Waals surface area contributed by atoms with Crippen LogP contribution < -0.4 is 10.6 Å². The van der Waals surface area contributed by atoms with E-state index in [-0.39, 0.29) is 11.9 Å². The second-order valence-electron chi connectivity index (χ2n) is 4.67. The molecule has 0 aliphatic rings. The molecule has 16 heavy (non-hydrogen) atoms. The maximum Gasteiger partial charge on any atom is 0.234 e. The summed E-state index contributed by atoms with van der Waals surface area (Å²) in [6, 6.07) is 0.239. The number of carbonyl (C=O) groups is 1. The quantitative estimate of drug-likeness (QED) is 0.564. The van der Waals surface area contributed by atoms with Gasteiger partial charge in [-0.1, -0.05) is 39.0 Å². The fraction of sp³-hybridized carbons (Fsp3) is 0.923. The number of hydrogen-bond donors (Lipinski definition) is 2. The Bertz CT molecular complexity index is 169. The fourth-order valence-corrected chi connectivity index (χ4v) is 1.61. The maximum atomic E-state index is 11.3. The van der Waals surface area contributed by atoms with E-state index in [0.717, 1.165) is 6.54 Å². The first kappa shape index (κ1) is 15.4. The Morgan fingerprint density at radius 2 is 1.69 bits per heavy atom. The lowest BCUT2D eigenvalue weighted by Crippen LogP contribution is -2.37. The minimum Gasteiger partial charge on any atom is -0.353 e. The highest BCUT2D eigenvalue weighted by molar-refractivity contribution is 5.78. The molecule has 3 nitrogen and oxygen atoms in total. The van der Waals surface area contributed by atoms with Crippen molar-refractivity contribution in [3.63, 3.8) is 0 Å². The van der Waals surface area contributed by atoms with E-state index in [9.17, 15) is 4.79 Å². The summed E-state index contributed by atoms with van der Waals surface area (Å²) in [6.45, 7) is 7.59. The molecule has 0 fully saturated rings. The Morgan fingerprint density at radius 1 is 1.06 bits per heavy atom. The summed E-state index contributed by atoms with van der Waals surface area (Å²) in [5, 5.41) is 6.03. The first-order valence-corrected chi connectivity index (χ1v) is 6.67. The Labute approximate surface area is 100 Å². The number of carbonyl (C=O) groups excluding carboxylic acids is 1. The molecule has 0 saturated carbocycles. The first-order valence-electron chi connectivity index (χ1n) is 6.67. The molecule has 0 saturated heterocycles. The van der Waals surface area contributed by atoms with Gasteiger partial charge >= 0.3 is 0 Å². The predicted molar refractivity (Wildman–Crippen MR) is 69.5 cm³/mol. The molecule has 0 bridgehead atoms. The van der Waals surface area contributed by atoms with E-state index in [4.69, 9.17) is 0 Å². The molecule has 0 aliphatic carbocycles. The van der Waals surface area contributed by atoms with Gasteiger partial charge in [0.2, 0.25) is 5.91 Å². The van der Waals surface area contributed by atoms with Crippen LogP contribution in [0.1, 0.15) is 59.3 Å². The van der Waals surface area contributed by atoms with Gasteiger partial charge in [-0.2, -0.15) is 0 Å². The van der Waals surface area contributed by atoms with E-state index >= 15 is 0 Å². The molecule has 3 heteroatoms. The third-order valence-electron chi connectivity index (χ3n) is 2.44. The molecule has 0 aromatic rings. The van der Waals surface area contributed by atoms with E-state index in [1.165, 1.54) is 38.5 Å². The highest BCUT2D eigenvalue weighted by atomic mass is 16.1. The summed E-state index contributed by atoms with van der Waals surface area (Å²) in [4.78, 5) is 11.3. The molecule has 1 amide bonds. The molecule has 0 heterocycles. The van der Waals surface area contributed by atoms with Gasteiger partial charge in [-0.15, -0.1) is 0 Å². The van der Waals surface area contributed by atoms with Crippen LogP contribution in [0.15, 0.2) is 0 Å². The van der Waals surface area contributed by atoms with Crippen LogP contribution in [0.2, 0.25) is 0 Å². The number of hydrogen-bond acceptors (Lipinski definition) is 2. The van der Waals surface area contributed by atoms with Crippen LogP contribution in [0.3, 0.4) is 0 Å². The average Bonchev–Trinajstić information content (AvgIpc) is 2.21. The second-order valence-corrected chi connectivity index (χ2v) is 4.67. The Kier molecular flexibility index (Phi) is 10.5. The monoisotopic (exact) mass is 228 g/mol. The average molecular weight is 228 g/mol. The zero-order valence-corrected chi connectivity index (χ0v) is 11.1. The van der Waals surface area contributed by atoms with Crippen molar-refractivity contribution >= 4 is 5.91 Å². The molecule has 0 atom stereocenters. The van der Waals surface area contributed by atoms with E-state index in [1.807, 2.05) is 13.8 Å². The van der Waals surface area contributed by atoms with Crippen molar-refractivity contribution < 1.29 is 4.79 Å². The van der Waals surface area contributed by atoms with Gasteiger partial charge in [0.05, 0.1) is 6.54 Å². The van der Waals surface area contributed by atoms with Crippen LogP contribution in [0.25, 0.3) is 0 Å². The van der Waals surface area contributed by atoms with Gasteiger partial charge in [-0.25, -0.2) is 0 Å². The molecule has 0 spiro atoms. The Hall–Kier alpha value is -0.570. The van der Waals surface area contributed by atoms with Crippen molar-refractivity contribution in [3.8, 4) is 0 Å².